The highest BCUT2D eigenvalue weighted by atomic mass is 16.5. The molecule has 33 heavy (non-hydrogen) atoms. The number of ether oxygens (including phenoxy) is 3. The smallest absolute Gasteiger partial charge is 0.226 e. The van der Waals surface area contributed by atoms with Crippen molar-refractivity contribution >= 4 is 17.5 Å². The Kier molecular flexibility index (Phi) is 10.5. The van der Waals surface area contributed by atoms with E-state index in [0.29, 0.717) is 29.5 Å². The van der Waals surface area contributed by atoms with Gasteiger partial charge in [-0.25, -0.2) is 0 Å². The first-order valence-corrected chi connectivity index (χ1v) is 11.1. The Bertz CT molecular complexity index is 897. The fourth-order valence-corrected chi connectivity index (χ4v) is 3.42. The third-order valence-corrected chi connectivity index (χ3v) is 5.29. The number of carbonyl (C=O) groups is 2. The minimum absolute atomic E-state index is 0.0795. The van der Waals surface area contributed by atoms with Gasteiger partial charge in [0.05, 0.1) is 26.7 Å². The summed E-state index contributed by atoms with van der Waals surface area (Å²) >= 11 is 0. The highest BCUT2D eigenvalue weighted by molar-refractivity contribution is 5.92. The lowest BCUT2D eigenvalue weighted by molar-refractivity contribution is -0.120. The summed E-state index contributed by atoms with van der Waals surface area (Å²) in [7, 11) is 3.17. The molecule has 0 spiro atoms. The van der Waals surface area contributed by atoms with Crippen LogP contribution < -0.4 is 24.8 Å². The van der Waals surface area contributed by atoms with Crippen molar-refractivity contribution in [3.63, 3.8) is 0 Å². The predicted octanol–water partition coefficient (Wildman–Crippen LogP) is 3.63. The van der Waals surface area contributed by atoms with E-state index in [-0.39, 0.29) is 18.2 Å². The molecule has 0 aromatic heterocycles. The fourth-order valence-electron chi connectivity index (χ4n) is 3.42. The second-order valence-electron chi connectivity index (χ2n) is 7.52. The van der Waals surface area contributed by atoms with Crippen molar-refractivity contribution in [1.82, 2.24) is 10.2 Å². The molecule has 180 valence electrons. The topological polar surface area (TPSA) is 89.1 Å². The van der Waals surface area contributed by atoms with Crippen LogP contribution in [0, 0.1) is 0 Å². The van der Waals surface area contributed by atoms with Crippen LogP contribution in [-0.4, -0.2) is 57.2 Å². The number of methoxy groups -OCH3 is 2. The molecule has 2 amide bonds. The van der Waals surface area contributed by atoms with Gasteiger partial charge in [-0.15, -0.1) is 0 Å². The molecule has 2 aromatic carbocycles. The van der Waals surface area contributed by atoms with E-state index in [1.165, 1.54) is 6.92 Å². The molecule has 0 aliphatic rings. The van der Waals surface area contributed by atoms with Crippen LogP contribution in [0.4, 0.5) is 5.69 Å². The van der Waals surface area contributed by atoms with E-state index in [1.807, 2.05) is 12.1 Å². The highest BCUT2D eigenvalue weighted by Gasteiger charge is 2.18. The highest BCUT2D eigenvalue weighted by Crippen LogP contribution is 2.30. The molecule has 0 aliphatic heterocycles. The van der Waals surface area contributed by atoms with Crippen molar-refractivity contribution in [2.45, 2.75) is 33.2 Å². The molecule has 0 bridgehead atoms. The van der Waals surface area contributed by atoms with Crippen molar-refractivity contribution < 1.29 is 23.8 Å². The number of amides is 2. The second-order valence-corrected chi connectivity index (χ2v) is 7.52. The monoisotopic (exact) mass is 457 g/mol. The number of carbonyl (C=O) groups excluding carboxylic acids is 2. The molecule has 0 saturated heterocycles. The zero-order chi connectivity index (χ0) is 24.2. The van der Waals surface area contributed by atoms with Gasteiger partial charge in [0, 0.05) is 25.2 Å². The Morgan fingerprint density at radius 1 is 0.970 bits per heavy atom. The molecule has 0 fully saturated rings. The summed E-state index contributed by atoms with van der Waals surface area (Å²) < 4.78 is 16.5. The predicted molar refractivity (Wildman–Crippen MR) is 129 cm³/mol. The average Bonchev–Trinajstić information content (AvgIpc) is 2.81. The minimum atomic E-state index is -0.462. The lowest BCUT2D eigenvalue weighted by atomic mass is 10.0. The average molecular weight is 458 g/mol. The molecular weight excluding hydrogens is 422 g/mol. The standard InChI is InChI=1S/C25H35N3O5/c1-6-28(7-2)14-15-33-24-16-20(10-13-23(24)32-5)27-25(30)17-22(26-18(3)29)19-8-11-21(31-4)12-9-19/h8-13,16,22H,6-7,14-15,17H2,1-5H3,(H,26,29)(H,27,30). The molecule has 0 saturated carbocycles. The maximum absolute atomic E-state index is 12.8. The quantitative estimate of drug-likeness (QED) is 0.478. The van der Waals surface area contributed by atoms with Crippen molar-refractivity contribution in [3.05, 3.63) is 48.0 Å². The van der Waals surface area contributed by atoms with Gasteiger partial charge in [-0.05, 0) is 42.9 Å². The summed E-state index contributed by atoms with van der Waals surface area (Å²) in [6.45, 7) is 8.87. The van der Waals surface area contributed by atoms with Crippen molar-refractivity contribution in [2.75, 3.05) is 45.8 Å². The van der Waals surface area contributed by atoms with Gasteiger partial charge in [-0.3, -0.25) is 9.59 Å². The number of rotatable bonds is 13. The first-order valence-electron chi connectivity index (χ1n) is 11.1. The maximum atomic E-state index is 12.8. The van der Waals surface area contributed by atoms with E-state index in [1.54, 1.807) is 44.6 Å². The Hall–Kier alpha value is -3.26. The van der Waals surface area contributed by atoms with Gasteiger partial charge in [0.15, 0.2) is 11.5 Å². The second kappa shape index (κ2) is 13.3. The van der Waals surface area contributed by atoms with Crippen molar-refractivity contribution in [1.29, 1.82) is 0 Å². The third-order valence-electron chi connectivity index (χ3n) is 5.29. The van der Waals surface area contributed by atoms with Gasteiger partial charge >= 0.3 is 0 Å². The molecule has 1 atom stereocenters. The largest absolute Gasteiger partial charge is 0.497 e. The summed E-state index contributed by atoms with van der Waals surface area (Å²) in [5.74, 6) is 1.43. The van der Waals surface area contributed by atoms with E-state index in [9.17, 15) is 9.59 Å². The Balaban J connectivity index is 2.07. The zero-order valence-electron chi connectivity index (χ0n) is 20.1. The van der Waals surface area contributed by atoms with Gasteiger partial charge in [-0.2, -0.15) is 0 Å². The summed E-state index contributed by atoms with van der Waals surface area (Å²) in [5.41, 5.74) is 1.41. The van der Waals surface area contributed by atoms with Crippen LogP contribution in [0.25, 0.3) is 0 Å². The number of nitrogens with one attached hydrogen (secondary N) is 2. The number of benzene rings is 2. The number of hydrogen-bond donors (Lipinski definition) is 2. The zero-order valence-corrected chi connectivity index (χ0v) is 20.1. The van der Waals surface area contributed by atoms with E-state index in [4.69, 9.17) is 14.2 Å². The SMILES string of the molecule is CCN(CC)CCOc1cc(NC(=O)CC(NC(C)=O)c2ccc(OC)cc2)ccc1OC. The fraction of sp³-hybridized carbons (Fsp3) is 0.440. The van der Waals surface area contributed by atoms with Crippen molar-refractivity contribution in [3.8, 4) is 17.2 Å². The van der Waals surface area contributed by atoms with Gasteiger partial charge in [0.25, 0.3) is 0 Å². The van der Waals surface area contributed by atoms with E-state index >= 15 is 0 Å². The minimum Gasteiger partial charge on any atom is -0.497 e. The Morgan fingerprint density at radius 3 is 2.24 bits per heavy atom. The first-order chi connectivity index (χ1) is 15.9. The molecule has 0 radical (unpaired) electrons. The van der Waals surface area contributed by atoms with Gasteiger partial charge < -0.3 is 29.7 Å². The van der Waals surface area contributed by atoms with Crippen LogP contribution in [0.3, 0.4) is 0 Å². The molecule has 2 aromatic rings. The summed E-state index contributed by atoms with van der Waals surface area (Å²) in [6.07, 6.45) is 0.0795. The van der Waals surface area contributed by atoms with E-state index in [2.05, 4.69) is 29.4 Å². The summed E-state index contributed by atoms with van der Waals surface area (Å²) in [5, 5.41) is 5.73. The number of anilines is 1. The Labute approximate surface area is 196 Å². The third kappa shape index (κ3) is 8.31. The number of nitrogens with zero attached hydrogens (tertiary/aromatic N) is 1. The maximum Gasteiger partial charge on any atom is 0.226 e. The van der Waals surface area contributed by atoms with Gasteiger partial charge in [-0.1, -0.05) is 26.0 Å². The molecule has 1 unspecified atom stereocenters. The Morgan fingerprint density at radius 2 is 1.67 bits per heavy atom. The van der Waals surface area contributed by atoms with Crippen LogP contribution in [-0.2, 0) is 9.59 Å². The van der Waals surface area contributed by atoms with Crippen LogP contribution in [0.5, 0.6) is 17.2 Å². The molecule has 0 heterocycles. The normalized spacial score (nSPS) is 11.6. The van der Waals surface area contributed by atoms with E-state index in [0.717, 1.165) is 25.2 Å². The van der Waals surface area contributed by atoms with Crippen molar-refractivity contribution in [2.24, 2.45) is 0 Å². The lowest BCUT2D eigenvalue weighted by Crippen LogP contribution is -2.29. The van der Waals surface area contributed by atoms with Crippen LogP contribution in [0.2, 0.25) is 0 Å². The number of likely N-dealkylation sites (N-methyl/N-ethyl adjacent to an activating group) is 1. The molecule has 0 aliphatic carbocycles. The van der Waals surface area contributed by atoms with E-state index < -0.39 is 6.04 Å². The van der Waals surface area contributed by atoms with Gasteiger partial charge in [0.2, 0.25) is 11.8 Å². The molecule has 8 heteroatoms. The summed E-state index contributed by atoms with van der Waals surface area (Å²) in [6, 6.07) is 12.1. The van der Waals surface area contributed by atoms with Crippen LogP contribution >= 0.6 is 0 Å². The molecule has 2 rings (SSSR count). The summed E-state index contributed by atoms with van der Waals surface area (Å²) in [4.78, 5) is 26.7. The number of hydrogen-bond acceptors (Lipinski definition) is 6. The molecule has 8 nitrogen and oxygen atoms in total. The molecular formula is C25H35N3O5. The molecule has 2 N–H and O–H groups in total. The van der Waals surface area contributed by atoms with Gasteiger partial charge in [0.1, 0.15) is 12.4 Å². The first kappa shape index (κ1) is 26.0. The lowest BCUT2D eigenvalue weighted by Gasteiger charge is -2.20. The van der Waals surface area contributed by atoms with Crippen LogP contribution in [0.15, 0.2) is 42.5 Å². The van der Waals surface area contributed by atoms with Crippen LogP contribution in [0.1, 0.15) is 38.8 Å².